The van der Waals surface area contributed by atoms with Crippen molar-refractivity contribution < 1.29 is 14.0 Å². The van der Waals surface area contributed by atoms with Gasteiger partial charge in [0.2, 0.25) is 0 Å². The molecule has 1 saturated heterocycles. The maximum absolute atomic E-state index is 13.0. The third-order valence-corrected chi connectivity index (χ3v) is 5.40. The van der Waals surface area contributed by atoms with E-state index < -0.39 is 0 Å². The molecule has 3 aromatic rings. The van der Waals surface area contributed by atoms with Crippen LogP contribution in [0.25, 0.3) is 0 Å². The molecule has 2 amide bonds. The molecule has 31 heavy (non-hydrogen) atoms. The molecule has 0 radical (unpaired) electrons. The molecule has 8 nitrogen and oxygen atoms in total. The van der Waals surface area contributed by atoms with E-state index >= 15 is 0 Å². The Bertz CT molecular complexity index is 1070. The average Bonchev–Trinajstić information content (AvgIpc) is 3.33. The van der Waals surface area contributed by atoms with Crippen molar-refractivity contribution in [2.24, 2.45) is 0 Å². The molecule has 160 valence electrons. The molecule has 0 aliphatic carbocycles. The summed E-state index contributed by atoms with van der Waals surface area (Å²) in [6, 6.07) is 7.34. The molecule has 1 aromatic carbocycles. The van der Waals surface area contributed by atoms with Crippen LogP contribution in [0.3, 0.4) is 0 Å². The van der Waals surface area contributed by atoms with E-state index in [1.54, 1.807) is 36.2 Å². The first-order valence-electron chi connectivity index (χ1n) is 10.2. The number of carbonyl (C=O) groups is 2. The van der Waals surface area contributed by atoms with Crippen LogP contribution in [0.1, 0.15) is 63.2 Å². The monoisotopic (exact) mass is 422 g/mol. The molecule has 1 fully saturated rings. The van der Waals surface area contributed by atoms with Gasteiger partial charge in [-0.05, 0) is 49.9 Å². The van der Waals surface area contributed by atoms with Gasteiger partial charge in [-0.25, -0.2) is 14.4 Å². The Hall–Kier alpha value is -3.62. The minimum atomic E-state index is -0.322. The highest BCUT2D eigenvalue weighted by atomic mass is 19.1. The number of benzene rings is 1. The number of carbonyl (C=O) groups excluding carboxylic acids is 2. The number of hydrogen-bond donors (Lipinski definition) is 2. The zero-order valence-corrected chi connectivity index (χ0v) is 17.1. The van der Waals surface area contributed by atoms with Crippen LogP contribution in [0.4, 0.5) is 4.39 Å². The number of piperidine rings is 1. The first-order valence-corrected chi connectivity index (χ1v) is 10.2. The van der Waals surface area contributed by atoms with Crippen molar-refractivity contribution in [1.29, 1.82) is 0 Å². The standard InChI is InChI=1S/C22H23FN6O2/c1-14-17(21(30)25-12-15-5-7-16(23)8-6-15)13-24-20(27-14)19-4-2-3-11-29(19)22(31)18-9-10-26-28-18/h5-10,13,19H,2-4,11-12H2,1H3,(H,25,30)(H,26,28)/t19-/m0/s1. The van der Waals surface area contributed by atoms with Gasteiger partial charge in [0.25, 0.3) is 11.8 Å². The summed E-state index contributed by atoms with van der Waals surface area (Å²) in [5, 5.41) is 9.38. The van der Waals surface area contributed by atoms with Crippen LogP contribution in [0.5, 0.6) is 0 Å². The molecule has 1 aliphatic rings. The van der Waals surface area contributed by atoms with Crippen LogP contribution >= 0.6 is 0 Å². The predicted molar refractivity (Wildman–Crippen MR) is 111 cm³/mol. The normalized spacial score (nSPS) is 16.2. The van der Waals surface area contributed by atoms with Crippen molar-refractivity contribution in [3.05, 3.63) is 76.9 Å². The molecule has 4 rings (SSSR count). The van der Waals surface area contributed by atoms with E-state index in [-0.39, 0.29) is 30.2 Å². The zero-order valence-electron chi connectivity index (χ0n) is 17.1. The molecule has 1 atom stereocenters. The van der Waals surface area contributed by atoms with Gasteiger partial charge in [-0.15, -0.1) is 0 Å². The molecular formula is C22H23FN6O2. The van der Waals surface area contributed by atoms with Gasteiger partial charge in [0, 0.05) is 25.5 Å². The minimum absolute atomic E-state index is 0.135. The SMILES string of the molecule is Cc1nc([C@@H]2CCCCN2C(=O)c2ccn[nH]2)ncc1C(=O)NCc1ccc(F)cc1. The van der Waals surface area contributed by atoms with E-state index in [1.807, 2.05) is 0 Å². The third-order valence-electron chi connectivity index (χ3n) is 5.40. The van der Waals surface area contributed by atoms with Crippen LogP contribution in [0.2, 0.25) is 0 Å². The number of H-pyrrole nitrogens is 1. The van der Waals surface area contributed by atoms with Crippen molar-refractivity contribution in [3.63, 3.8) is 0 Å². The lowest BCUT2D eigenvalue weighted by Crippen LogP contribution is -2.39. The van der Waals surface area contributed by atoms with Crippen LogP contribution in [-0.2, 0) is 6.54 Å². The predicted octanol–water partition coefficient (Wildman–Crippen LogP) is 2.94. The summed E-state index contributed by atoms with van der Waals surface area (Å²) in [6.45, 7) is 2.64. The van der Waals surface area contributed by atoms with E-state index in [0.29, 0.717) is 29.3 Å². The van der Waals surface area contributed by atoms with Crippen LogP contribution < -0.4 is 5.32 Å². The van der Waals surface area contributed by atoms with E-state index in [2.05, 4.69) is 25.5 Å². The third kappa shape index (κ3) is 4.60. The summed E-state index contributed by atoms with van der Waals surface area (Å²) in [5.74, 6) is -0.232. The lowest BCUT2D eigenvalue weighted by Gasteiger charge is -2.34. The van der Waals surface area contributed by atoms with Crippen molar-refractivity contribution in [1.82, 2.24) is 30.4 Å². The fraction of sp³-hybridized carbons (Fsp3) is 0.318. The first kappa shape index (κ1) is 20.6. The fourth-order valence-electron chi connectivity index (χ4n) is 3.72. The highest BCUT2D eigenvalue weighted by Crippen LogP contribution is 2.30. The van der Waals surface area contributed by atoms with Gasteiger partial charge in [-0.3, -0.25) is 14.7 Å². The number of nitrogens with zero attached hydrogens (tertiary/aromatic N) is 4. The molecule has 2 aromatic heterocycles. The Labute approximate surface area is 178 Å². The molecule has 0 saturated carbocycles. The van der Waals surface area contributed by atoms with Crippen molar-refractivity contribution in [3.8, 4) is 0 Å². The molecule has 2 N–H and O–H groups in total. The topological polar surface area (TPSA) is 104 Å². The number of halogens is 1. The number of aromatic nitrogens is 4. The maximum Gasteiger partial charge on any atom is 0.272 e. The Morgan fingerprint density at radius 2 is 2.03 bits per heavy atom. The summed E-state index contributed by atoms with van der Waals surface area (Å²) < 4.78 is 13.0. The van der Waals surface area contributed by atoms with E-state index in [0.717, 1.165) is 24.8 Å². The van der Waals surface area contributed by atoms with E-state index in [9.17, 15) is 14.0 Å². The number of aromatic amines is 1. The number of nitrogens with one attached hydrogen (secondary N) is 2. The molecule has 0 spiro atoms. The quantitative estimate of drug-likeness (QED) is 0.658. The van der Waals surface area contributed by atoms with Crippen molar-refractivity contribution in [2.45, 2.75) is 38.8 Å². The molecule has 0 unspecified atom stereocenters. The van der Waals surface area contributed by atoms with E-state index in [1.165, 1.54) is 18.3 Å². The zero-order chi connectivity index (χ0) is 21.8. The smallest absolute Gasteiger partial charge is 0.272 e. The molecule has 3 heterocycles. The van der Waals surface area contributed by atoms with Gasteiger partial charge < -0.3 is 10.2 Å². The van der Waals surface area contributed by atoms with Crippen molar-refractivity contribution >= 4 is 11.8 Å². The van der Waals surface area contributed by atoms with Crippen LogP contribution in [0.15, 0.2) is 42.7 Å². The number of amides is 2. The second kappa shape index (κ2) is 9.03. The number of likely N-dealkylation sites (tertiary alicyclic amines) is 1. The summed E-state index contributed by atoms with van der Waals surface area (Å²) >= 11 is 0. The van der Waals surface area contributed by atoms with Crippen molar-refractivity contribution in [2.75, 3.05) is 6.54 Å². The minimum Gasteiger partial charge on any atom is -0.348 e. The second-order valence-corrected chi connectivity index (χ2v) is 7.52. The molecule has 1 aliphatic heterocycles. The lowest BCUT2D eigenvalue weighted by molar-refractivity contribution is 0.0593. The highest BCUT2D eigenvalue weighted by Gasteiger charge is 2.31. The Balaban J connectivity index is 1.48. The van der Waals surface area contributed by atoms with Gasteiger partial charge in [0.15, 0.2) is 5.82 Å². The van der Waals surface area contributed by atoms with Gasteiger partial charge in [0.1, 0.15) is 11.5 Å². The highest BCUT2D eigenvalue weighted by molar-refractivity contribution is 5.95. The maximum atomic E-state index is 13.0. The number of rotatable bonds is 5. The lowest BCUT2D eigenvalue weighted by atomic mass is 10.0. The summed E-state index contributed by atoms with van der Waals surface area (Å²) in [7, 11) is 0. The molecular weight excluding hydrogens is 399 g/mol. The summed E-state index contributed by atoms with van der Waals surface area (Å²) in [6.07, 6.45) is 5.70. The van der Waals surface area contributed by atoms with Gasteiger partial charge in [-0.1, -0.05) is 12.1 Å². The molecule has 0 bridgehead atoms. The Kier molecular flexibility index (Phi) is 6.01. The van der Waals surface area contributed by atoms with Gasteiger partial charge in [-0.2, -0.15) is 5.10 Å². The molecule has 9 heteroatoms. The second-order valence-electron chi connectivity index (χ2n) is 7.52. The van der Waals surface area contributed by atoms with Crippen LogP contribution in [0, 0.1) is 12.7 Å². The van der Waals surface area contributed by atoms with Crippen LogP contribution in [-0.4, -0.2) is 43.4 Å². The van der Waals surface area contributed by atoms with Gasteiger partial charge >= 0.3 is 0 Å². The summed E-state index contributed by atoms with van der Waals surface area (Å²) in [5.41, 5.74) is 2.13. The largest absolute Gasteiger partial charge is 0.348 e. The average molecular weight is 422 g/mol. The number of hydrogen-bond acceptors (Lipinski definition) is 5. The Morgan fingerprint density at radius 3 is 2.74 bits per heavy atom. The van der Waals surface area contributed by atoms with Gasteiger partial charge in [0.05, 0.1) is 17.3 Å². The number of aryl methyl sites for hydroxylation is 1. The Morgan fingerprint density at radius 1 is 1.23 bits per heavy atom. The van der Waals surface area contributed by atoms with E-state index in [4.69, 9.17) is 0 Å². The summed E-state index contributed by atoms with van der Waals surface area (Å²) in [4.78, 5) is 36.2. The fourth-order valence-corrected chi connectivity index (χ4v) is 3.72. The first-order chi connectivity index (χ1) is 15.0.